The Balaban J connectivity index is 2.79. The Kier molecular flexibility index (Phi) is 2.74. The second kappa shape index (κ2) is 3.61. The van der Waals surface area contributed by atoms with Gasteiger partial charge in [-0.25, -0.2) is 0 Å². The summed E-state index contributed by atoms with van der Waals surface area (Å²) in [5.74, 6) is -0.129. The number of hydrogen-bond acceptors (Lipinski definition) is 3. The highest BCUT2D eigenvalue weighted by molar-refractivity contribution is 5.96. The van der Waals surface area contributed by atoms with Gasteiger partial charge in [0.25, 0.3) is 0 Å². The molecular formula is C9H15NO2. The van der Waals surface area contributed by atoms with E-state index in [1.807, 2.05) is 18.7 Å². The molecule has 0 aromatic rings. The van der Waals surface area contributed by atoms with Crippen LogP contribution >= 0.6 is 0 Å². The van der Waals surface area contributed by atoms with Gasteiger partial charge in [-0.05, 0) is 20.3 Å². The number of hydrogen-bond donors (Lipinski definition) is 1. The lowest BCUT2D eigenvalue weighted by molar-refractivity contribution is -0.117. The molecule has 0 spiro atoms. The molecule has 1 aliphatic carbocycles. The van der Waals surface area contributed by atoms with Crippen LogP contribution < -0.4 is 0 Å². The summed E-state index contributed by atoms with van der Waals surface area (Å²) >= 11 is 0. The second-order valence-corrected chi connectivity index (χ2v) is 2.89. The monoisotopic (exact) mass is 169 g/mol. The third kappa shape index (κ3) is 1.44. The van der Waals surface area contributed by atoms with E-state index in [0.717, 1.165) is 18.8 Å². The molecule has 0 saturated carbocycles. The van der Waals surface area contributed by atoms with Crippen molar-refractivity contribution in [2.45, 2.75) is 26.7 Å². The minimum Gasteiger partial charge on any atom is -0.503 e. The average Bonchev–Trinajstić information content (AvgIpc) is 2.38. The number of Topliss-reactive ketones (excluding diaryl/α,β-unsaturated/α-hetero) is 1. The molecule has 0 saturated heterocycles. The predicted molar refractivity (Wildman–Crippen MR) is 46.8 cm³/mol. The normalized spacial score (nSPS) is 17.3. The lowest BCUT2D eigenvalue weighted by atomic mass is 10.3. The summed E-state index contributed by atoms with van der Waals surface area (Å²) in [6.07, 6.45) is 1.17. The van der Waals surface area contributed by atoms with Gasteiger partial charge in [0.05, 0.1) is 5.70 Å². The molecule has 0 fully saturated rings. The van der Waals surface area contributed by atoms with E-state index < -0.39 is 0 Å². The Bertz CT molecular complexity index is 217. The number of carbonyl (C=O) groups excluding carboxylic acids is 1. The Morgan fingerprint density at radius 3 is 2.25 bits per heavy atom. The van der Waals surface area contributed by atoms with E-state index in [-0.39, 0.29) is 11.5 Å². The number of rotatable bonds is 3. The summed E-state index contributed by atoms with van der Waals surface area (Å²) in [6.45, 7) is 5.74. The van der Waals surface area contributed by atoms with E-state index in [9.17, 15) is 9.90 Å². The Hall–Kier alpha value is -0.990. The molecule has 1 aliphatic rings. The number of nitrogens with zero attached hydrogens (tertiary/aromatic N) is 1. The van der Waals surface area contributed by atoms with Crippen LogP contribution in [0.2, 0.25) is 0 Å². The predicted octanol–water partition coefficient (Wildman–Crippen LogP) is 1.46. The van der Waals surface area contributed by atoms with E-state index in [0.29, 0.717) is 12.8 Å². The first-order valence-electron chi connectivity index (χ1n) is 4.41. The molecular weight excluding hydrogens is 154 g/mol. The molecule has 0 aromatic carbocycles. The summed E-state index contributed by atoms with van der Waals surface area (Å²) < 4.78 is 0. The number of ketones is 1. The first kappa shape index (κ1) is 9.10. The van der Waals surface area contributed by atoms with E-state index in [4.69, 9.17) is 0 Å². The topological polar surface area (TPSA) is 40.5 Å². The zero-order valence-electron chi connectivity index (χ0n) is 7.63. The van der Waals surface area contributed by atoms with Gasteiger partial charge in [-0.2, -0.15) is 0 Å². The van der Waals surface area contributed by atoms with Crippen LogP contribution in [0.1, 0.15) is 26.7 Å². The smallest absolute Gasteiger partial charge is 0.199 e. The van der Waals surface area contributed by atoms with Crippen LogP contribution in [0, 0.1) is 0 Å². The zero-order valence-corrected chi connectivity index (χ0v) is 7.63. The van der Waals surface area contributed by atoms with Crippen molar-refractivity contribution in [3.05, 3.63) is 11.5 Å². The van der Waals surface area contributed by atoms with Gasteiger partial charge in [-0.15, -0.1) is 0 Å². The van der Waals surface area contributed by atoms with Gasteiger partial charge in [0.1, 0.15) is 0 Å². The molecule has 0 aromatic heterocycles. The molecule has 0 unspecified atom stereocenters. The summed E-state index contributed by atoms with van der Waals surface area (Å²) in [6, 6.07) is 0. The quantitative estimate of drug-likeness (QED) is 0.695. The average molecular weight is 169 g/mol. The summed E-state index contributed by atoms with van der Waals surface area (Å²) in [5.41, 5.74) is 0.824. The molecule has 0 amide bonds. The SMILES string of the molecule is CCN(CC)C1=C(O)C(=O)CC1. The van der Waals surface area contributed by atoms with Crippen molar-refractivity contribution in [3.63, 3.8) is 0 Å². The standard InChI is InChI=1S/C9H15NO2/c1-3-10(4-2)7-5-6-8(11)9(7)12/h12H,3-6H2,1-2H3. The number of carbonyl (C=O) groups is 1. The largest absolute Gasteiger partial charge is 0.503 e. The number of allylic oxidation sites excluding steroid dienone is 2. The zero-order chi connectivity index (χ0) is 9.14. The molecule has 68 valence electrons. The van der Waals surface area contributed by atoms with E-state index in [1.165, 1.54) is 0 Å². The van der Waals surface area contributed by atoms with E-state index in [2.05, 4.69) is 0 Å². The van der Waals surface area contributed by atoms with Crippen molar-refractivity contribution in [1.82, 2.24) is 4.90 Å². The summed E-state index contributed by atoms with van der Waals surface area (Å²) in [4.78, 5) is 13.0. The molecule has 0 aliphatic heterocycles. The Labute approximate surface area is 72.7 Å². The van der Waals surface area contributed by atoms with Crippen LogP contribution in [-0.4, -0.2) is 28.9 Å². The molecule has 0 radical (unpaired) electrons. The first-order valence-corrected chi connectivity index (χ1v) is 4.41. The van der Waals surface area contributed by atoms with Gasteiger partial charge in [-0.3, -0.25) is 4.79 Å². The highest BCUT2D eigenvalue weighted by Gasteiger charge is 2.24. The highest BCUT2D eigenvalue weighted by atomic mass is 16.3. The van der Waals surface area contributed by atoms with Gasteiger partial charge in [-0.1, -0.05) is 0 Å². The summed E-state index contributed by atoms with van der Waals surface area (Å²) in [5, 5.41) is 9.38. The summed E-state index contributed by atoms with van der Waals surface area (Å²) in [7, 11) is 0. The van der Waals surface area contributed by atoms with Crippen LogP contribution in [0.4, 0.5) is 0 Å². The third-order valence-corrected chi connectivity index (χ3v) is 2.27. The Morgan fingerprint density at radius 1 is 1.33 bits per heavy atom. The fourth-order valence-electron chi connectivity index (χ4n) is 1.54. The number of aliphatic hydroxyl groups is 1. The van der Waals surface area contributed by atoms with Crippen molar-refractivity contribution < 1.29 is 9.90 Å². The van der Waals surface area contributed by atoms with Crippen LogP contribution in [0.25, 0.3) is 0 Å². The molecule has 0 atom stereocenters. The van der Waals surface area contributed by atoms with Crippen molar-refractivity contribution >= 4 is 5.78 Å². The van der Waals surface area contributed by atoms with Gasteiger partial charge >= 0.3 is 0 Å². The van der Waals surface area contributed by atoms with E-state index >= 15 is 0 Å². The maximum Gasteiger partial charge on any atom is 0.199 e. The maximum atomic E-state index is 11.0. The van der Waals surface area contributed by atoms with Gasteiger partial charge in [0.15, 0.2) is 11.5 Å². The third-order valence-electron chi connectivity index (χ3n) is 2.27. The Morgan fingerprint density at radius 2 is 1.92 bits per heavy atom. The minimum atomic E-state index is -0.114. The van der Waals surface area contributed by atoms with Crippen molar-refractivity contribution in [1.29, 1.82) is 0 Å². The second-order valence-electron chi connectivity index (χ2n) is 2.89. The van der Waals surface area contributed by atoms with E-state index in [1.54, 1.807) is 0 Å². The number of aliphatic hydroxyl groups excluding tert-OH is 1. The van der Waals surface area contributed by atoms with Gasteiger partial charge in [0.2, 0.25) is 0 Å². The fourth-order valence-corrected chi connectivity index (χ4v) is 1.54. The maximum absolute atomic E-state index is 11.0. The highest BCUT2D eigenvalue weighted by Crippen LogP contribution is 2.23. The van der Waals surface area contributed by atoms with Crippen LogP contribution in [0.3, 0.4) is 0 Å². The minimum absolute atomic E-state index is 0.0151. The van der Waals surface area contributed by atoms with Crippen LogP contribution in [0.5, 0.6) is 0 Å². The van der Waals surface area contributed by atoms with Crippen LogP contribution in [-0.2, 0) is 4.79 Å². The molecule has 12 heavy (non-hydrogen) atoms. The molecule has 1 N–H and O–H groups in total. The van der Waals surface area contributed by atoms with Crippen molar-refractivity contribution in [2.75, 3.05) is 13.1 Å². The first-order chi connectivity index (χ1) is 5.70. The lowest BCUT2D eigenvalue weighted by Crippen LogP contribution is -2.22. The lowest BCUT2D eigenvalue weighted by Gasteiger charge is -2.21. The van der Waals surface area contributed by atoms with Crippen LogP contribution in [0.15, 0.2) is 11.5 Å². The molecule has 0 bridgehead atoms. The van der Waals surface area contributed by atoms with Gasteiger partial charge in [0, 0.05) is 19.5 Å². The molecule has 3 nitrogen and oxygen atoms in total. The molecule has 3 heteroatoms. The fraction of sp³-hybridized carbons (Fsp3) is 0.667. The van der Waals surface area contributed by atoms with Crippen molar-refractivity contribution in [3.8, 4) is 0 Å². The van der Waals surface area contributed by atoms with Gasteiger partial charge < -0.3 is 10.0 Å². The molecule has 0 heterocycles. The van der Waals surface area contributed by atoms with Crippen molar-refractivity contribution in [2.24, 2.45) is 0 Å². The molecule has 1 rings (SSSR count).